The molecule has 1 aromatic rings. The van der Waals surface area contributed by atoms with E-state index in [1.54, 1.807) is 0 Å². The molecular formula is C20H30N2O2. The van der Waals surface area contributed by atoms with Gasteiger partial charge in [0.1, 0.15) is 0 Å². The predicted octanol–water partition coefficient (Wildman–Crippen LogP) is 2.58. The minimum atomic E-state index is -0.368. The van der Waals surface area contributed by atoms with Gasteiger partial charge in [-0.25, -0.2) is 0 Å². The Hall–Kier alpha value is -1.39. The second kappa shape index (κ2) is 8.13. The number of hydrogen-bond acceptors (Lipinski definition) is 3. The molecule has 24 heavy (non-hydrogen) atoms. The lowest BCUT2D eigenvalue weighted by Gasteiger charge is -2.29. The molecule has 2 bridgehead atoms. The van der Waals surface area contributed by atoms with Crippen molar-refractivity contribution in [3.63, 3.8) is 0 Å². The summed E-state index contributed by atoms with van der Waals surface area (Å²) in [6, 6.07) is 11.4. The van der Waals surface area contributed by atoms with Crippen LogP contribution in [0.25, 0.3) is 0 Å². The number of amides is 1. The van der Waals surface area contributed by atoms with Gasteiger partial charge in [0, 0.05) is 31.0 Å². The third-order valence-electron chi connectivity index (χ3n) is 5.49. The van der Waals surface area contributed by atoms with Crippen molar-refractivity contribution in [1.82, 2.24) is 10.6 Å². The van der Waals surface area contributed by atoms with Gasteiger partial charge in [-0.2, -0.15) is 0 Å². The first kappa shape index (κ1) is 17.4. The average molecular weight is 330 g/mol. The van der Waals surface area contributed by atoms with E-state index in [9.17, 15) is 9.90 Å². The quantitative estimate of drug-likeness (QED) is 0.720. The molecule has 3 N–H and O–H groups in total. The summed E-state index contributed by atoms with van der Waals surface area (Å²) in [4.78, 5) is 12.4. The molecule has 2 aliphatic heterocycles. The number of nitrogens with one attached hydrogen (secondary N) is 2. The second-order valence-corrected chi connectivity index (χ2v) is 7.68. The molecule has 4 heteroatoms. The topological polar surface area (TPSA) is 61.4 Å². The van der Waals surface area contributed by atoms with Gasteiger partial charge in [-0.05, 0) is 50.5 Å². The van der Waals surface area contributed by atoms with E-state index in [4.69, 9.17) is 0 Å². The van der Waals surface area contributed by atoms with Crippen LogP contribution in [0.2, 0.25) is 0 Å². The smallest absolute Gasteiger partial charge is 0.220 e. The molecule has 2 aliphatic rings. The lowest BCUT2D eigenvalue weighted by atomic mass is 9.89. The van der Waals surface area contributed by atoms with Gasteiger partial charge in [0.05, 0.1) is 6.10 Å². The fourth-order valence-electron chi connectivity index (χ4n) is 4.39. The van der Waals surface area contributed by atoms with Crippen molar-refractivity contribution in [3.05, 3.63) is 35.9 Å². The SMILES string of the molecule is CC(O)CC(CNC(=O)CC1CC2CCC(C1)N2)c1ccccc1. The van der Waals surface area contributed by atoms with Crippen molar-refractivity contribution in [3.8, 4) is 0 Å². The molecule has 1 aromatic carbocycles. The summed E-state index contributed by atoms with van der Waals surface area (Å²) in [5, 5.41) is 16.5. The van der Waals surface area contributed by atoms with Gasteiger partial charge in [0.25, 0.3) is 0 Å². The summed E-state index contributed by atoms with van der Waals surface area (Å²) in [6.45, 7) is 2.41. The predicted molar refractivity (Wildman–Crippen MR) is 95.8 cm³/mol. The minimum absolute atomic E-state index is 0.160. The Morgan fingerprint density at radius 1 is 1.25 bits per heavy atom. The largest absolute Gasteiger partial charge is 0.393 e. The van der Waals surface area contributed by atoms with Crippen LogP contribution in [0.15, 0.2) is 30.3 Å². The lowest BCUT2D eigenvalue weighted by molar-refractivity contribution is -0.122. The van der Waals surface area contributed by atoms with Gasteiger partial charge < -0.3 is 15.7 Å². The van der Waals surface area contributed by atoms with Crippen LogP contribution >= 0.6 is 0 Å². The number of fused-ring (bicyclic) bond motifs is 2. The summed E-state index contributed by atoms with van der Waals surface area (Å²) in [5.41, 5.74) is 1.18. The van der Waals surface area contributed by atoms with E-state index < -0.39 is 0 Å². The van der Waals surface area contributed by atoms with Crippen LogP contribution in [0.5, 0.6) is 0 Å². The molecule has 4 nitrogen and oxygen atoms in total. The van der Waals surface area contributed by atoms with E-state index in [0.717, 1.165) is 12.8 Å². The molecule has 0 saturated carbocycles. The number of piperidine rings is 1. The Bertz CT molecular complexity index is 520. The Labute approximate surface area is 145 Å². The normalized spacial score (nSPS) is 28.3. The van der Waals surface area contributed by atoms with Gasteiger partial charge >= 0.3 is 0 Å². The molecular weight excluding hydrogens is 300 g/mol. The van der Waals surface area contributed by atoms with Crippen LogP contribution in [0, 0.1) is 5.92 Å². The molecule has 4 unspecified atom stereocenters. The van der Waals surface area contributed by atoms with Crippen LogP contribution in [-0.4, -0.2) is 35.7 Å². The van der Waals surface area contributed by atoms with E-state index in [0.29, 0.717) is 37.4 Å². The Morgan fingerprint density at radius 3 is 2.54 bits per heavy atom. The lowest BCUT2D eigenvalue weighted by Crippen LogP contribution is -2.40. The summed E-state index contributed by atoms with van der Waals surface area (Å²) in [6.07, 6.45) is 5.76. The standard InChI is InChI=1S/C20H30N2O2/c1-14(23)9-17(16-5-3-2-4-6-16)13-21-20(24)12-15-10-18-7-8-19(11-15)22-18/h2-6,14-15,17-19,22-23H,7-13H2,1H3,(H,21,24). The van der Waals surface area contributed by atoms with E-state index in [1.165, 1.54) is 18.4 Å². The molecule has 0 aromatic heterocycles. The van der Waals surface area contributed by atoms with Gasteiger partial charge in [-0.1, -0.05) is 30.3 Å². The number of carbonyl (C=O) groups is 1. The molecule has 3 rings (SSSR count). The van der Waals surface area contributed by atoms with Gasteiger partial charge in [0.2, 0.25) is 5.91 Å². The molecule has 132 valence electrons. The van der Waals surface area contributed by atoms with Crippen molar-refractivity contribution in [2.75, 3.05) is 6.54 Å². The Kier molecular flexibility index (Phi) is 5.90. The first-order chi connectivity index (χ1) is 11.6. The maximum Gasteiger partial charge on any atom is 0.220 e. The van der Waals surface area contributed by atoms with Crippen LogP contribution in [0.4, 0.5) is 0 Å². The molecule has 2 fully saturated rings. The molecule has 2 saturated heterocycles. The van der Waals surface area contributed by atoms with Gasteiger partial charge in [-0.15, -0.1) is 0 Å². The molecule has 0 radical (unpaired) electrons. The molecule has 4 atom stereocenters. The minimum Gasteiger partial charge on any atom is -0.393 e. The van der Waals surface area contributed by atoms with Crippen molar-refractivity contribution in [2.45, 2.75) is 69.6 Å². The van der Waals surface area contributed by atoms with Crippen molar-refractivity contribution < 1.29 is 9.90 Å². The number of hydrogen-bond donors (Lipinski definition) is 3. The second-order valence-electron chi connectivity index (χ2n) is 7.68. The first-order valence-electron chi connectivity index (χ1n) is 9.36. The molecule has 0 spiro atoms. The summed E-state index contributed by atoms with van der Waals surface area (Å²) in [7, 11) is 0. The third-order valence-corrected chi connectivity index (χ3v) is 5.49. The fourth-order valence-corrected chi connectivity index (χ4v) is 4.39. The van der Waals surface area contributed by atoms with Crippen LogP contribution in [0.3, 0.4) is 0 Å². The summed E-state index contributed by atoms with van der Waals surface area (Å²) < 4.78 is 0. The number of aliphatic hydroxyl groups excluding tert-OH is 1. The summed E-state index contributed by atoms with van der Waals surface area (Å²) >= 11 is 0. The van der Waals surface area contributed by atoms with E-state index in [2.05, 4.69) is 22.8 Å². The first-order valence-corrected chi connectivity index (χ1v) is 9.36. The zero-order valence-electron chi connectivity index (χ0n) is 14.6. The van der Waals surface area contributed by atoms with Gasteiger partial charge in [-0.3, -0.25) is 4.79 Å². The Morgan fingerprint density at radius 2 is 1.92 bits per heavy atom. The van der Waals surface area contributed by atoms with E-state index in [-0.39, 0.29) is 17.9 Å². The van der Waals surface area contributed by atoms with Crippen molar-refractivity contribution in [1.29, 1.82) is 0 Å². The van der Waals surface area contributed by atoms with Crippen molar-refractivity contribution >= 4 is 5.91 Å². The van der Waals surface area contributed by atoms with Crippen molar-refractivity contribution in [2.24, 2.45) is 5.92 Å². The maximum atomic E-state index is 12.4. The highest BCUT2D eigenvalue weighted by atomic mass is 16.3. The molecule has 1 amide bonds. The zero-order chi connectivity index (χ0) is 16.9. The number of carbonyl (C=O) groups excluding carboxylic acids is 1. The fraction of sp³-hybridized carbons (Fsp3) is 0.650. The summed E-state index contributed by atoms with van der Waals surface area (Å²) in [5.74, 6) is 0.850. The molecule has 2 heterocycles. The van der Waals surface area contributed by atoms with Crippen LogP contribution in [-0.2, 0) is 4.79 Å². The number of rotatable bonds is 7. The van der Waals surface area contributed by atoms with E-state index in [1.807, 2.05) is 25.1 Å². The van der Waals surface area contributed by atoms with Crippen LogP contribution in [0.1, 0.15) is 56.9 Å². The zero-order valence-corrected chi connectivity index (χ0v) is 14.6. The van der Waals surface area contributed by atoms with Crippen LogP contribution < -0.4 is 10.6 Å². The highest BCUT2D eigenvalue weighted by Crippen LogP contribution is 2.32. The molecule has 0 aliphatic carbocycles. The highest BCUT2D eigenvalue weighted by Gasteiger charge is 2.34. The highest BCUT2D eigenvalue weighted by molar-refractivity contribution is 5.76. The van der Waals surface area contributed by atoms with Gasteiger partial charge in [0.15, 0.2) is 0 Å². The third kappa shape index (κ3) is 4.81. The Balaban J connectivity index is 1.49. The van der Waals surface area contributed by atoms with E-state index >= 15 is 0 Å². The average Bonchev–Trinajstić information content (AvgIpc) is 2.90. The monoisotopic (exact) mass is 330 g/mol. The number of aliphatic hydroxyl groups is 1. The maximum absolute atomic E-state index is 12.4. The number of benzene rings is 1.